The highest BCUT2D eigenvalue weighted by Crippen LogP contribution is 2.39. The Labute approximate surface area is 127 Å². The molecule has 1 aromatic heterocycles. The Balaban J connectivity index is 2.62. The van der Waals surface area contributed by atoms with Crippen molar-refractivity contribution in [1.82, 2.24) is 9.55 Å². The number of nitrogens with two attached hydrogens (primary N) is 1. The topological polar surface area (TPSA) is 131 Å². The summed E-state index contributed by atoms with van der Waals surface area (Å²) in [5.41, 5.74) is 3.11. The van der Waals surface area contributed by atoms with Crippen LogP contribution < -0.4 is 11.4 Å². The smallest absolute Gasteiger partial charge is 0.351 e. The maximum atomic E-state index is 12.1. The van der Waals surface area contributed by atoms with Gasteiger partial charge in [-0.25, -0.2) is 4.79 Å². The van der Waals surface area contributed by atoms with Gasteiger partial charge in [0.05, 0.1) is 6.10 Å². The Morgan fingerprint density at radius 3 is 2.73 bits per heavy atom. The third kappa shape index (κ3) is 2.48. The van der Waals surface area contributed by atoms with Crippen LogP contribution in [-0.4, -0.2) is 48.8 Å². The molecule has 120 valence electrons. The van der Waals surface area contributed by atoms with E-state index in [4.69, 9.17) is 10.5 Å². The summed E-state index contributed by atoms with van der Waals surface area (Å²) in [6.45, 7) is 4.48. The third-order valence-corrected chi connectivity index (χ3v) is 3.63. The predicted octanol–water partition coefficient (Wildman–Crippen LogP) is -1.47. The Morgan fingerprint density at radius 2 is 2.23 bits per heavy atom. The average molecular weight is 309 g/mol. The zero-order valence-electron chi connectivity index (χ0n) is 12.5. The molecule has 0 amide bonds. The van der Waals surface area contributed by atoms with E-state index in [2.05, 4.69) is 16.8 Å². The second kappa shape index (κ2) is 5.70. The van der Waals surface area contributed by atoms with E-state index in [-0.39, 0.29) is 5.82 Å². The fourth-order valence-electron chi connectivity index (χ4n) is 2.61. The molecular formula is C14H19N3O5. The zero-order chi connectivity index (χ0) is 16.7. The van der Waals surface area contributed by atoms with Crippen LogP contribution in [0.1, 0.15) is 25.8 Å². The number of anilines is 1. The first-order valence-electron chi connectivity index (χ1n) is 6.76. The molecule has 1 aliphatic heterocycles. The van der Waals surface area contributed by atoms with Gasteiger partial charge < -0.3 is 25.8 Å². The zero-order valence-corrected chi connectivity index (χ0v) is 12.5. The number of hydrogen-bond acceptors (Lipinski definition) is 7. The van der Waals surface area contributed by atoms with Crippen LogP contribution in [0.5, 0.6) is 0 Å². The van der Waals surface area contributed by atoms with Crippen LogP contribution in [0.25, 0.3) is 0 Å². The summed E-state index contributed by atoms with van der Waals surface area (Å²) in [5.74, 6) is 5.02. The molecule has 0 bridgehead atoms. The Morgan fingerprint density at radius 1 is 1.59 bits per heavy atom. The number of aliphatic hydroxyl groups excluding tert-OH is 2. The molecule has 1 unspecified atom stereocenters. The van der Waals surface area contributed by atoms with Crippen molar-refractivity contribution in [3.05, 3.63) is 22.2 Å². The van der Waals surface area contributed by atoms with Crippen LogP contribution in [0.4, 0.5) is 5.82 Å². The van der Waals surface area contributed by atoms with E-state index >= 15 is 0 Å². The molecule has 2 heterocycles. The normalized spacial score (nSPS) is 32.4. The van der Waals surface area contributed by atoms with Gasteiger partial charge in [0.2, 0.25) is 0 Å². The summed E-state index contributed by atoms with van der Waals surface area (Å²) in [6.07, 6.45) is -4.97. The van der Waals surface area contributed by atoms with Gasteiger partial charge in [-0.2, -0.15) is 4.98 Å². The van der Waals surface area contributed by atoms with Gasteiger partial charge in [-0.05, 0) is 26.8 Å². The fourth-order valence-corrected chi connectivity index (χ4v) is 2.61. The third-order valence-electron chi connectivity index (χ3n) is 3.63. The molecule has 1 aliphatic rings. The van der Waals surface area contributed by atoms with Gasteiger partial charge in [0, 0.05) is 5.69 Å². The molecule has 1 fully saturated rings. The van der Waals surface area contributed by atoms with Crippen LogP contribution in [0.2, 0.25) is 0 Å². The van der Waals surface area contributed by atoms with Gasteiger partial charge in [-0.15, -0.1) is 5.92 Å². The van der Waals surface area contributed by atoms with Crippen molar-refractivity contribution in [1.29, 1.82) is 0 Å². The minimum absolute atomic E-state index is 0.0366. The highest BCUT2D eigenvalue weighted by atomic mass is 16.6. The van der Waals surface area contributed by atoms with Crippen molar-refractivity contribution in [2.75, 3.05) is 5.73 Å². The summed E-state index contributed by atoms with van der Waals surface area (Å²) in [5, 5.41) is 30.7. The van der Waals surface area contributed by atoms with E-state index < -0.39 is 35.8 Å². The molecule has 22 heavy (non-hydrogen) atoms. The monoisotopic (exact) mass is 309 g/mol. The molecule has 0 aliphatic carbocycles. The molecule has 0 saturated carbocycles. The van der Waals surface area contributed by atoms with E-state index in [9.17, 15) is 20.1 Å². The van der Waals surface area contributed by atoms with Crippen LogP contribution in [-0.2, 0) is 4.74 Å². The maximum Gasteiger partial charge on any atom is 0.351 e. The van der Waals surface area contributed by atoms with E-state index in [1.54, 1.807) is 6.92 Å². The van der Waals surface area contributed by atoms with Crippen LogP contribution in [0.3, 0.4) is 0 Å². The van der Waals surface area contributed by atoms with Crippen molar-refractivity contribution >= 4 is 5.82 Å². The fraction of sp³-hybridized carbons (Fsp3) is 0.571. The molecule has 5 atom stereocenters. The van der Waals surface area contributed by atoms with Gasteiger partial charge >= 0.3 is 5.69 Å². The molecule has 0 aromatic carbocycles. The Hall–Kier alpha value is -1.92. The molecular weight excluding hydrogens is 290 g/mol. The van der Waals surface area contributed by atoms with Crippen LogP contribution >= 0.6 is 0 Å². The van der Waals surface area contributed by atoms with Gasteiger partial charge in [0.1, 0.15) is 18.0 Å². The second-order valence-corrected chi connectivity index (χ2v) is 5.31. The molecule has 8 heteroatoms. The summed E-state index contributed by atoms with van der Waals surface area (Å²) in [6, 6.07) is 1.44. The predicted molar refractivity (Wildman–Crippen MR) is 77.6 cm³/mol. The number of hydrogen-bond donors (Lipinski definition) is 4. The molecule has 1 saturated heterocycles. The number of nitrogen functional groups attached to an aromatic ring is 1. The van der Waals surface area contributed by atoms with Crippen LogP contribution in [0, 0.1) is 18.8 Å². The Kier molecular flexibility index (Phi) is 4.26. The molecule has 0 spiro atoms. The first-order valence-corrected chi connectivity index (χ1v) is 6.76. The summed E-state index contributed by atoms with van der Waals surface area (Å²) >= 11 is 0. The number of aromatic nitrogens is 2. The summed E-state index contributed by atoms with van der Waals surface area (Å²) in [7, 11) is 0. The summed E-state index contributed by atoms with van der Waals surface area (Å²) in [4.78, 5) is 15.7. The van der Waals surface area contributed by atoms with Gasteiger partial charge in [-0.1, -0.05) is 5.92 Å². The van der Waals surface area contributed by atoms with E-state index in [0.717, 1.165) is 4.57 Å². The highest BCUT2D eigenvalue weighted by molar-refractivity contribution is 5.30. The lowest BCUT2D eigenvalue weighted by Gasteiger charge is -2.27. The molecule has 2 rings (SSSR count). The number of rotatable bonds is 2. The number of nitrogens with zero attached hydrogens (tertiary/aromatic N) is 2. The SMILES string of the molecule is CC#CC1(O)[C@@H](O)[C@@H]([C@H](C)O)O[C@H]1n1c(C)cc(N)nc1=O. The number of aliphatic hydroxyl groups is 3. The lowest BCUT2D eigenvalue weighted by molar-refractivity contribution is -0.0891. The molecule has 0 radical (unpaired) electrons. The lowest BCUT2D eigenvalue weighted by Crippen LogP contribution is -2.49. The molecule has 1 aromatic rings. The highest BCUT2D eigenvalue weighted by Gasteiger charge is 2.57. The molecule has 5 N–H and O–H groups in total. The van der Waals surface area contributed by atoms with Crippen molar-refractivity contribution < 1.29 is 20.1 Å². The Bertz CT molecular complexity index is 690. The van der Waals surface area contributed by atoms with E-state index in [1.165, 1.54) is 19.9 Å². The van der Waals surface area contributed by atoms with Crippen molar-refractivity contribution in [3.63, 3.8) is 0 Å². The van der Waals surface area contributed by atoms with Crippen molar-refractivity contribution in [3.8, 4) is 11.8 Å². The van der Waals surface area contributed by atoms with Crippen molar-refractivity contribution in [2.24, 2.45) is 0 Å². The standard InChI is InChI=1S/C14H19N3O5/c1-4-5-14(21)11(19)10(8(3)18)22-12(14)17-7(2)6-9(15)16-13(17)20/h6,8,10-12,18-19,21H,1-3H3,(H2,15,16,20)/t8-,10+,11-,12+,14?/m0/s1. The summed E-state index contributed by atoms with van der Waals surface area (Å²) < 4.78 is 6.58. The first-order chi connectivity index (χ1) is 10.2. The van der Waals surface area contributed by atoms with Crippen LogP contribution in [0.15, 0.2) is 10.9 Å². The molecule has 8 nitrogen and oxygen atoms in total. The van der Waals surface area contributed by atoms with E-state index in [1.807, 2.05) is 0 Å². The minimum Gasteiger partial charge on any atom is -0.391 e. The van der Waals surface area contributed by atoms with Gasteiger partial charge in [0.25, 0.3) is 0 Å². The van der Waals surface area contributed by atoms with Crippen molar-refractivity contribution in [2.45, 2.75) is 50.9 Å². The number of aryl methyl sites for hydroxylation is 1. The van der Waals surface area contributed by atoms with E-state index in [0.29, 0.717) is 5.69 Å². The second-order valence-electron chi connectivity index (χ2n) is 5.31. The largest absolute Gasteiger partial charge is 0.391 e. The van der Waals surface area contributed by atoms with Gasteiger partial charge in [-0.3, -0.25) is 4.57 Å². The lowest BCUT2D eigenvalue weighted by atomic mass is 9.92. The quantitative estimate of drug-likeness (QED) is 0.490. The average Bonchev–Trinajstić information content (AvgIpc) is 2.63. The minimum atomic E-state index is -2.05. The first kappa shape index (κ1) is 16.5. The van der Waals surface area contributed by atoms with Gasteiger partial charge in [0.15, 0.2) is 11.8 Å². The number of ether oxygens (including phenoxy) is 1. The maximum absolute atomic E-state index is 12.1.